The molecule has 0 atom stereocenters. The van der Waals surface area contributed by atoms with Crippen molar-refractivity contribution < 1.29 is 9.53 Å². The Hall–Kier alpha value is -0.680. The minimum Gasteiger partial charge on any atom is -0.496 e. The Morgan fingerprint density at radius 1 is 1.22 bits per heavy atom. The molecule has 2 aliphatic rings. The Morgan fingerprint density at radius 3 is 2.43 bits per heavy atom. The highest BCUT2D eigenvalue weighted by molar-refractivity contribution is 6.42. The van der Waals surface area contributed by atoms with Gasteiger partial charge in [0.05, 0.1) is 22.7 Å². The van der Waals surface area contributed by atoms with E-state index in [1.807, 2.05) is 4.90 Å². The normalized spacial score (nSPS) is 19.5. The van der Waals surface area contributed by atoms with E-state index < -0.39 is 0 Å². The molecule has 1 aromatic rings. The lowest BCUT2D eigenvalue weighted by molar-refractivity contribution is 0.0604. The van der Waals surface area contributed by atoms with Crippen molar-refractivity contribution in [2.24, 2.45) is 5.41 Å². The minimum absolute atomic E-state index is 0. The molecular weight excluding hydrogens is 359 g/mol. The van der Waals surface area contributed by atoms with Gasteiger partial charge in [0, 0.05) is 25.7 Å². The molecule has 0 aliphatic carbocycles. The number of methoxy groups -OCH3 is 1. The molecule has 1 amide bonds. The zero-order valence-corrected chi connectivity index (χ0v) is 15.4. The van der Waals surface area contributed by atoms with Gasteiger partial charge in [-0.2, -0.15) is 0 Å². The number of benzene rings is 1. The van der Waals surface area contributed by atoms with E-state index in [0.29, 0.717) is 26.8 Å². The van der Waals surface area contributed by atoms with Gasteiger partial charge in [-0.25, -0.2) is 0 Å². The molecular formula is C16H21Cl3N2O2. The highest BCUT2D eigenvalue weighted by Crippen LogP contribution is 2.38. The monoisotopic (exact) mass is 378 g/mol. The molecule has 0 radical (unpaired) electrons. The van der Waals surface area contributed by atoms with Gasteiger partial charge in [0.1, 0.15) is 5.75 Å². The Morgan fingerprint density at radius 2 is 1.87 bits per heavy atom. The van der Waals surface area contributed by atoms with Gasteiger partial charge in [-0.3, -0.25) is 4.79 Å². The van der Waals surface area contributed by atoms with Crippen molar-refractivity contribution in [3.8, 4) is 5.75 Å². The molecule has 1 N–H and O–H groups in total. The third kappa shape index (κ3) is 3.71. The van der Waals surface area contributed by atoms with E-state index >= 15 is 0 Å². The van der Waals surface area contributed by atoms with Gasteiger partial charge >= 0.3 is 0 Å². The summed E-state index contributed by atoms with van der Waals surface area (Å²) in [4.78, 5) is 14.7. The first-order valence-corrected chi connectivity index (χ1v) is 8.33. The number of nitrogens with one attached hydrogen (secondary N) is 1. The van der Waals surface area contributed by atoms with Crippen LogP contribution in [0.3, 0.4) is 0 Å². The molecule has 7 heteroatoms. The van der Waals surface area contributed by atoms with Crippen LogP contribution in [0.1, 0.15) is 29.6 Å². The minimum atomic E-state index is -0.0313. The summed E-state index contributed by atoms with van der Waals surface area (Å²) >= 11 is 12.1. The molecule has 0 bridgehead atoms. The van der Waals surface area contributed by atoms with Crippen LogP contribution in [0.5, 0.6) is 5.75 Å². The Kier molecular flexibility index (Phi) is 6.06. The van der Waals surface area contributed by atoms with Gasteiger partial charge in [0.2, 0.25) is 0 Å². The van der Waals surface area contributed by atoms with Crippen LogP contribution in [0.2, 0.25) is 10.0 Å². The summed E-state index contributed by atoms with van der Waals surface area (Å²) in [5, 5.41) is 4.20. The van der Waals surface area contributed by atoms with Crippen LogP contribution < -0.4 is 10.1 Å². The molecule has 2 aliphatic heterocycles. The predicted octanol–water partition coefficient (Wildman–Crippen LogP) is 3.64. The fourth-order valence-electron chi connectivity index (χ4n) is 3.44. The van der Waals surface area contributed by atoms with Gasteiger partial charge in [0.15, 0.2) is 0 Å². The standard InChI is InChI=1S/C16H20Cl2N2O2.ClH/c1-22-14-9-13(18)12(17)8-11(14)15(21)20-6-3-16(4-7-20)2-5-19-10-16;/h8-9,19H,2-7,10H2,1H3;1H. The summed E-state index contributed by atoms with van der Waals surface area (Å²) in [6, 6.07) is 3.20. The molecule has 0 aromatic heterocycles. The van der Waals surface area contributed by atoms with Crippen LogP contribution >= 0.6 is 35.6 Å². The Balaban J connectivity index is 0.00000192. The molecule has 3 rings (SSSR count). The number of hydrogen-bond donors (Lipinski definition) is 1. The van der Waals surface area contributed by atoms with E-state index in [1.54, 1.807) is 12.1 Å². The number of rotatable bonds is 2. The summed E-state index contributed by atoms with van der Waals surface area (Å²) in [6.45, 7) is 3.73. The maximum absolute atomic E-state index is 12.8. The first-order valence-electron chi connectivity index (χ1n) is 7.58. The predicted molar refractivity (Wildman–Crippen MR) is 95.3 cm³/mol. The van der Waals surface area contributed by atoms with Crippen LogP contribution in [0.4, 0.5) is 0 Å². The fourth-order valence-corrected chi connectivity index (χ4v) is 3.76. The van der Waals surface area contributed by atoms with Crippen molar-refractivity contribution in [1.29, 1.82) is 0 Å². The third-order valence-electron chi connectivity index (χ3n) is 4.92. The van der Waals surface area contributed by atoms with Crippen molar-refractivity contribution in [1.82, 2.24) is 10.2 Å². The number of carbonyl (C=O) groups is 1. The van der Waals surface area contributed by atoms with Gasteiger partial charge in [-0.05, 0) is 37.3 Å². The molecule has 4 nitrogen and oxygen atoms in total. The van der Waals surface area contributed by atoms with Gasteiger partial charge in [-0.1, -0.05) is 23.2 Å². The van der Waals surface area contributed by atoms with E-state index in [4.69, 9.17) is 27.9 Å². The fraction of sp³-hybridized carbons (Fsp3) is 0.562. The zero-order chi connectivity index (χ0) is 15.7. The summed E-state index contributed by atoms with van der Waals surface area (Å²) in [5.74, 6) is 0.443. The molecule has 2 saturated heterocycles. The first-order chi connectivity index (χ1) is 10.5. The number of halogens is 3. The summed E-state index contributed by atoms with van der Waals surface area (Å²) < 4.78 is 5.29. The second kappa shape index (κ2) is 7.47. The quantitative estimate of drug-likeness (QED) is 0.853. The highest BCUT2D eigenvalue weighted by Gasteiger charge is 2.38. The molecule has 1 aromatic carbocycles. The van der Waals surface area contributed by atoms with Gasteiger partial charge < -0.3 is 15.0 Å². The topological polar surface area (TPSA) is 41.6 Å². The van der Waals surface area contributed by atoms with E-state index in [1.165, 1.54) is 13.5 Å². The highest BCUT2D eigenvalue weighted by atomic mass is 35.5. The van der Waals surface area contributed by atoms with E-state index in [-0.39, 0.29) is 18.3 Å². The van der Waals surface area contributed by atoms with Crippen LogP contribution in [0.25, 0.3) is 0 Å². The molecule has 2 fully saturated rings. The largest absolute Gasteiger partial charge is 0.496 e. The van der Waals surface area contributed by atoms with E-state index in [0.717, 1.165) is 39.0 Å². The Labute approximate surface area is 152 Å². The van der Waals surface area contributed by atoms with Crippen LogP contribution in [0, 0.1) is 5.41 Å². The lowest BCUT2D eigenvalue weighted by Crippen LogP contribution is -2.44. The number of amides is 1. The summed E-state index contributed by atoms with van der Waals surface area (Å²) in [5.41, 5.74) is 0.871. The lowest BCUT2D eigenvalue weighted by Gasteiger charge is -2.39. The second-order valence-electron chi connectivity index (χ2n) is 6.19. The number of hydrogen-bond acceptors (Lipinski definition) is 3. The second-order valence-corrected chi connectivity index (χ2v) is 7.00. The van der Waals surface area contributed by atoms with Crippen molar-refractivity contribution in [3.05, 3.63) is 27.7 Å². The van der Waals surface area contributed by atoms with Crippen LogP contribution in [-0.4, -0.2) is 44.1 Å². The van der Waals surface area contributed by atoms with E-state index in [2.05, 4.69) is 5.32 Å². The molecule has 1 spiro atoms. The SMILES string of the molecule is COc1cc(Cl)c(Cl)cc1C(=O)N1CCC2(CCNC2)CC1.Cl. The first kappa shape index (κ1) is 18.7. The molecule has 0 saturated carbocycles. The summed E-state index contributed by atoms with van der Waals surface area (Å²) in [7, 11) is 1.53. The zero-order valence-electron chi connectivity index (χ0n) is 13.0. The Bertz CT molecular complexity index is 579. The van der Waals surface area contributed by atoms with Gasteiger partial charge in [-0.15, -0.1) is 12.4 Å². The number of nitrogens with zero attached hydrogens (tertiary/aromatic N) is 1. The smallest absolute Gasteiger partial charge is 0.257 e. The maximum Gasteiger partial charge on any atom is 0.257 e. The lowest BCUT2D eigenvalue weighted by atomic mass is 9.78. The molecule has 23 heavy (non-hydrogen) atoms. The molecule has 128 valence electrons. The number of ether oxygens (including phenoxy) is 1. The van der Waals surface area contributed by atoms with Crippen LogP contribution in [0.15, 0.2) is 12.1 Å². The van der Waals surface area contributed by atoms with E-state index in [9.17, 15) is 4.79 Å². The van der Waals surface area contributed by atoms with Crippen LogP contribution in [-0.2, 0) is 0 Å². The van der Waals surface area contributed by atoms with Crippen molar-refractivity contribution in [3.63, 3.8) is 0 Å². The van der Waals surface area contributed by atoms with Crippen molar-refractivity contribution in [2.75, 3.05) is 33.3 Å². The number of piperidine rings is 1. The molecule has 2 heterocycles. The van der Waals surface area contributed by atoms with Crippen molar-refractivity contribution in [2.45, 2.75) is 19.3 Å². The third-order valence-corrected chi connectivity index (χ3v) is 5.64. The average molecular weight is 380 g/mol. The molecule has 0 unspecified atom stereocenters. The number of likely N-dealkylation sites (tertiary alicyclic amines) is 1. The average Bonchev–Trinajstić information content (AvgIpc) is 2.98. The maximum atomic E-state index is 12.8. The van der Waals surface area contributed by atoms with Crippen molar-refractivity contribution >= 4 is 41.5 Å². The number of carbonyl (C=O) groups excluding carboxylic acids is 1. The summed E-state index contributed by atoms with van der Waals surface area (Å²) in [6.07, 6.45) is 3.32. The van der Waals surface area contributed by atoms with Gasteiger partial charge in [0.25, 0.3) is 5.91 Å².